The van der Waals surface area contributed by atoms with Crippen molar-refractivity contribution in [1.82, 2.24) is 9.55 Å². The molecule has 2 aromatic heterocycles. The topological polar surface area (TPSA) is 73.3 Å². The van der Waals surface area contributed by atoms with E-state index in [1.807, 2.05) is 0 Å². The number of aromatic nitrogens is 2. The van der Waals surface area contributed by atoms with Gasteiger partial charge < -0.3 is 14.5 Å². The molecule has 0 aliphatic carbocycles. The number of nitrogens with zero attached hydrogens (tertiary/aromatic N) is 1. The molecule has 0 unspecified atom stereocenters. The summed E-state index contributed by atoms with van der Waals surface area (Å²) in [5.74, 6) is -0.273. The van der Waals surface area contributed by atoms with Crippen molar-refractivity contribution in [2.24, 2.45) is 0 Å². The molecule has 0 radical (unpaired) electrons. The highest BCUT2D eigenvalue weighted by molar-refractivity contribution is 9.10. The van der Waals surface area contributed by atoms with Crippen molar-refractivity contribution in [1.29, 1.82) is 0 Å². The van der Waals surface area contributed by atoms with Gasteiger partial charge in [-0.05, 0) is 36.4 Å². The lowest BCUT2D eigenvalue weighted by Crippen LogP contribution is -2.14. The Kier molecular flexibility index (Phi) is 7.54. The normalized spacial score (nSPS) is 10.9. The minimum absolute atomic E-state index is 0.00563. The lowest BCUT2D eigenvalue weighted by atomic mass is 10.1. The molecular weight excluding hydrogens is 602 g/mol. The molecule has 35 heavy (non-hydrogen) atoms. The zero-order valence-electron chi connectivity index (χ0n) is 18.1. The first-order valence-corrected chi connectivity index (χ1v) is 12.2. The second kappa shape index (κ2) is 10.3. The minimum Gasteiger partial charge on any atom is -0.496 e. The van der Waals surface area contributed by atoms with Gasteiger partial charge in [0.25, 0.3) is 0 Å². The summed E-state index contributed by atoms with van der Waals surface area (Å²) in [6, 6.07) is 13.0. The Balaban J connectivity index is 1.96. The van der Waals surface area contributed by atoms with E-state index < -0.39 is 11.6 Å². The molecule has 0 bridgehead atoms. The number of carbonyl (C=O) groups excluding carboxylic acids is 2. The molecule has 2 aromatic carbocycles. The van der Waals surface area contributed by atoms with Gasteiger partial charge in [-0.15, -0.1) is 0 Å². The van der Waals surface area contributed by atoms with Crippen LogP contribution in [0.25, 0.3) is 5.69 Å². The van der Waals surface area contributed by atoms with Crippen LogP contribution in [-0.4, -0.2) is 35.3 Å². The van der Waals surface area contributed by atoms with Gasteiger partial charge in [0.1, 0.15) is 32.5 Å². The molecule has 1 N–H and O–H groups in total. The van der Waals surface area contributed by atoms with Crippen molar-refractivity contribution in [3.63, 3.8) is 0 Å². The van der Waals surface area contributed by atoms with Gasteiger partial charge in [-0.2, -0.15) is 0 Å². The number of aromatic amines is 1. The molecule has 4 aromatic rings. The van der Waals surface area contributed by atoms with E-state index in [2.05, 4.69) is 20.9 Å². The highest BCUT2D eigenvalue weighted by Crippen LogP contribution is 2.40. The zero-order chi connectivity index (χ0) is 25.4. The largest absolute Gasteiger partial charge is 0.496 e. The number of nitrogens with one attached hydrogen (secondary N) is 1. The molecule has 0 amide bonds. The van der Waals surface area contributed by atoms with Crippen LogP contribution in [0.3, 0.4) is 0 Å². The van der Waals surface area contributed by atoms with Crippen molar-refractivity contribution in [2.75, 3.05) is 14.2 Å². The van der Waals surface area contributed by atoms with Gasteiger partial charge in [0.15, 0.2) is 0 Å². The number of benzene rings is 2. The van der Waals surface area contributed by atoms with Gasteiger partial charge in [0.05, 0.1) is 41.8 Å². The zero-order valence-corrected chi connectivity index (χ0v) is 22.7. The van der Waals surface area contributed by atoms with E-state index in [1.165, 1.54) is 24.9 Å². The van der Waals surface area contributed by atoms with Gasteiger partial charge in [-0.3, -0.25) is 14.2 Å². The molecular formula is C24H15BrCl4N2O4. The van der Waals surface area contributed by atoms with Crippen LogP contribution in [0, 0.1) is 0 Å². The Morgan fingerprint density at radius 3 is 2.23 bits per heavy atom. The Morgan fingerprint density at radius 1 is 0.886 bits per heavy atom. The molecule has 0 atom stereocenters. The van der Waals surface area contributed by atoms with E-state index in [0.29, 0.717) is 16.0 Å². The van der Waals surface area contributed by atoms with Crippen LogP contribution in [-0.2, 0) is 0 Å². The Hall–Kier alpha value is -2.42. The Bertz CT molecular complexity index is 1480. The number of ketones is 2. The number of hydrogen-bond donors (Lipinski definition) is 1. The van der Waals surface area contributed by atoms with E-state index in [0.717, 1.165) is 0 Å². The van der Waals surface area contributed by atoms with E-state index in [9.17, 15) is 9.59 Å². The molecule has 180 valence electrons. The summed E-state index contributed by atoms with van der Waals surface area (Å²) >= 11 is 29.1. The summed E-state index contributed by atoms with van der Waals surface area (Å²) in [6.07, 6.45) is 0. The minimum atomic E-state index is -0.481. The summed E-state index contributed by atoms with van der Waals surface area (Å²) in [4.78, 5) is 30.0. The third-order valence-electron chi connectivity index (χ3n) is 5.21. The number of halogens is 5. The average molecular weight is 617 g/mol. The fourth-order valence-electron chi connectivity index (χ4n) is 3.62. The third kappa shape index (κ3) is 4.59. The highest BCUT2D eigenvalue weighted by Gasteiger charge is 2.31. The van der Waals surface area contributed by atoms with Crippen molar-refractivity contribution in [2.45, 2.75) is 0 Å². The SMILES string of the molecule is COc1ccccc1C(=O)c1[nH]c(Cl)c(Cl)c1-n1c(C(=O)c2cc(Br)ccc2OC)cc(Cl)c1Cl. The number of ether oxygens (including phenoxy) is 2. The number of methoxy groups -OCH3 is 2. The predicted octanol–water partition coefficient (Wildman–Crippen LogP) is 7.66. The Morgan fingerprint density at radius 2 is 1.54 bits per heavy atom. The van der Waals surface area contributed by atoms with Crippen LogP contribution in [0.15, 0.2) is 53.0 Å². The van der Waals surface area contributed by atoms with E-state index >= 15 is 0 Å². The summed E-state index contributed by atoms with van der Waals surface area (Å²) in [5, 5.41) is 0.0114. The average Bonchev–Trinajstić information content (AvgIpc) is 3.32. The molecule has 2 heterocycles. The fraction of sp³-hybridized carbons (Fsp3) is 0.0833. The van der Waals surface area contributed by atoms with Crippen molar-refractivity contribution in [3.8, 4) is 17.2 Å². The van der Waals surface area contributed by atoms with Gasteiger partial charge in [0.2, 0.25) is 11.6 Å². The van der Waals surface area contributed by atoms with Gasteiger partial charge >= 0.3 is 0 Å². The van der Waals surface area contributed by atoms with E-state index in [4.69, 9.17) is 55.9 Å². The number of rotatable bonds is 7. The number of carbonyl (C=O) groups is 2. The number of para-hydroxylation sites is 1. The lowest BCUT2D eigenvalue weighted by molar-refractivity contribution is 0.101. The molecule has 0 spiro atoms. The summed E-state index contributed by atoms with van der Waals surface area (Å²) in [7, 11) is 2.90. The van der Waals surface area contributed by atoms with Crippen molar-refractivity contribution < 1.29 is 19.1 Å². The molecule has 0 fully saturated rings. The van der Waals surface area contributed by atoms with Crippen LogP contribution >= 0.6 is 62.3 Å². The molecule has 6 nitrogen and oxygen atoms in total. The first-order valence-electron chi connectivity index (χ1n) is 9.89. The van der Waals surface area contributed by atoms with Crippen LogP contribution in [0.1, 0.15) is 32.1 Å². The second-order valence-electron chi connectivity index (χ2n) is 7.18. The molecule has 0 aliphatic rings. The van der Waals surface area contributed by atoms with Crippen LogP contribution in [0.5, 0.6) is 11.5 Å². The van der Waals surface area contributed by atoms with Gasteiger partial charge in [-0.1, -0.05) is 74.5 Å². The fourth-order valence-corrected chi connectivity index (χ4v) is 4.81. The van der Waals surface area contributed by atoms with E-state index in [1.54, 1.807) is 42.5 Å². The maximum absolute atomic E-state index is 13.7. The van der Waals surface area contributed by atoms with Crippen molar-refractivity contribution >= 4 is 73.9 Å². The quantitative estimate of drug-likeness (QED) is 0.216. The van der Waals surface area contributed by atoms with E-state index in [-0.39, 0.29) is 48.6 Å². The third-order valence-corrected chi connectivity index (χ3v) is 7.21. The first kappa shape index (κ1) is 25.7. The molecule has 0 aliphatic heterocycles. The molecule has 0 saturated heterocycles. The lowest BCUT2D eigenvalue weighted by Gasteiger charge is -2.14. The van der Waals surface area contributed by atoms with Gasteiger partial charge in [0, 0.05) is 4.47 Å². The highest BCUT2D eigenvalue weighted by atomic mass is 79.9. The van der Waals surface area contributed by atoms with Gasteiger partial charge in [-0.25, -0.2) is 0 Å². The van der Waals surface area contributed by atoms with Crippen LogP contribution in [0.2, 0.25) is 20.4 Å². The number of hydrogen-bond acceptors (Lipinski definition) is 4. The Labute approximate surface area is 228 Å². The summed E-state index contributed by atoms with van der Waals surface area (Å²) < 4.78 is 12.6. The molecule has 4 rings (SSSR count). The maximum atomic E-state index is 13.7. The summed E-state index contributed by atoms with van der Waals surface area (Å²) in [6.45, 7) is 0. The summed E-state index contributed by atoms with van der Waals surface area (Å²) in [5.41, 5.74) is 0.602. The predicted molar refractivity (Wildman–Crippen MR) is 141 cm³/mol. The number of H-pyrrole nitrogens is 1. The second-order valence-corrected chi connectivity index (χ2v) is 9.62. The smallest absolute Gasteiger partial charge is 0.215 e. The van der Waals surface area contributed by atoms with Crippen LogP contribution < -0.4 is 9.47 Å². The van der Waals surface area contributed by atoms with Crippen LogP contribution in [0.4, 0.5) is 0 Å². The first-order chi connectivity index (χ1) is 16.7. The van der Waals surface area contributed by atoms with Crippen molar-refractivity contribution in [3.05, 3.63) is 95.9 Å². The molecule has 11 heteroatoms. The standard InChI is InChI=1S/C24H15BrCl4N2O4/c1-34-16-6-4-3-5-12(16)22(33)19-20(18(27)23(28)30-19)31-15(10-14(26)24(31)29)21(32)13-9-11(25)7-8-17(13)35-2/h3-10,30H,1-2H3. The molecule has 0 saturated carbocycles. The monoisotopic (exact) mass is 614 g/mol. The maximum Gasteiger partial charge on any atom is 0.215 e.